The molecule has 0 spiro atoms. The molecule has 0 fully saturated rings. The molecule has 160 valence electrons. The molecule has 0 saturated carbocycles. The van der Waals surface area contributed by atoms with Gasteiger partial charge in [-0.15, -0.1) is 0 Å². The van der Waals surface area contributed by atoms with Crippen molar-refractivity contribution in [3.8, 4) is 0 Å². The smallest absolute Gasteiger partial charge is 0.389 e. The first-order valence-electron chi connectivity index (χ1n) is 8.99. The van der Waals surface area contributed by atoms with Crippen LogP contribution in [0.15, 0.2) is 48.5 Å². The van der Waals surface area contributed by atoms with E-state index >= 15 is 0 Å². The molecule has 2 N–H and O–H groups in total. The number of carbonyl (C=O) groups is 3. The Hall–Kier alpha value is -3.36. The lowest BCUT2D eigenvalue weighted by Crippen LogP contribution is -2.34. The van der Waals surface area contributed by atoms with Gasteiger partial charge in [0.15, 0.2) is 6.04 Å². The van der Waals surface area contributed by atoms with E-state index in [1.807, 2.05) is 0 Å². The fraction of sp³-hybridized carbons (Fsp3) is 0.286. The van der Waals surface area contributed by atoms with Crippen LogP contribution in [0.2, 0.25) is 0 Å². The summed E-state index contributed by atoms with van der Waals surface area (Å²) in [4.78, 5) is 36.0. The number of methoxy groups -OCH3 is 1. The van der Waals surface area contributed by atoms with Gasteiger partial charge < -0.3 is 15.2 Å². The molecule has 1 amide bonds. The van der Waals surface area contributed by atoms with Crippen LogP contribution < -0.4 is 5.32 Å². The van der Waals surface area contributed by atoms with E-state index in [9.17, 15) is 32.7 Å². The van der Waals surface area contributed by atoms with E-state index in [0.717, 1.165) is 7.11 Å². The number of carboxylic acids is 1. The molecule has 0 aliphatic rings. The van der Waals surface area contributed by atoms with Crippen molar-refractivity contribution >= 4 is 17.8 Å². The van der Waals surface area contributed by atoms with Gasteiger partial charge in [-0.1, -0.05) is 24.3 Å². The molecule has 0 saturated heterocycles. The maximum atomic E-state index is 12.5. The summed E-state index contributed by atoms with van der Waals surface area (Å²) in [7, 11) is 1.15. The zero-order valence-electron chi connectivity index (χ0n) is 16.0. The fourth-order valence-corrected chi connectivity index (χ4v) is 2.90. The highest BCUT2D eigenvalue weighted by Crippen LogP contribution is 2.27. The van der Waals surface area contributed by atoms with Crippen molar-refractivity contribution in [1.82, 2.24) is 5.32 Å². The zero-order valence-corrected chi connectivity index (χ0v) is 16.0. The van der Waals surface area contributed by atoms with Crippen molar-refractivity contribution in [2.24, 2.45) is 0 Å². The molecule has 0 radical (unpaired) electrons. The normalized spacial score (nSPS) is 12.1. The van der Waals surface area contributed by atoms with Crippen LogP contribution in [0.5, 0.6) is 0 Å². The van der Waals surface area contributed by atoms with Crippen LogP contribution in [0, 0.1) is 0 Å². The molecule has 2 aromatic rings. The van der Waals surface area contributed by atoms with Gasteiger partial charge in [-0.2, -0.15) is 13.2 Å². The Bertz CT molecular complexity index is 913. The summed E-state index contributed by atoms with van der Waals surface area (Å²) >= 11 is 0. The van der Waals surface area contributed by atoms with Crippen molar-refractivity contribution in [3.05, 3.63) is 70.8 Å². The van der Waals surface area contributed by atoms with Gasteiger partial charge >= 0.3 is 18.1 Å². The van der Waals surface area contributed by atoms with Crippen molar-refractivity contribution in [3.63, 3.8) is 0 Å². The molecule has 0 bridgehead atoms. The van der Waals surface area contributed by atoms with Gasteiger partial charge in [-0.25, -0.2) is 9.59 Å². The summed E-state index contributed by atoms with van der Waals surface area (Å²) < 4.78 is 42.2. The minimum atomic E-state index is -4.37. The molecular weight excluding hydrogens is 403 g/mol. The van der Waals surface area contributed by atoms with Crippen molar-refractivity contribution in [1.29, 1.82) is 0 Å². The Kier molecular flexibility index (Phi) is 7.57. The van der Waals surface area contributed by atoms with Crippen LogP contribution in [-0.2, 0) is 16.0 Å². The van der Waals surface area contributed by atoms with Gasteiger partial charge in [0.25, 0.3) is 5.91 Å². The lowest BCUT2D eigenvalue weighted by Gasteiger charge is -2.19. The summed E-state index contributed by atoms with van der Waals surface area (Å²) in [6.07, 6.45) is -5.87. The first-order chi connectivity index (χ1) is 14.1. The third-order valence-corrected chi connectivity index (χ3v) is 4.34. The lowest BCUT2D eigenvalue weighted by atomic mass is 9.94. The Morgan fingerprint density at radius 1 is 1.07 bits per heavy atom. The maximum Gasteiger partial charge on any atom is 0.389 e. The number of rotatable bonds is 8. The number of hydrogen-bond donors (Lipinski definition) is 2. The van der Waals surface area contributed by atoms with Crippen LogP contribution in [0.3, 0.4) is 0 Å². The highest BCUT2D eigenvalue weighted by Gasteiger charge is 2.28. The Balaban J connectivity index is 2.37. The van der Waals surface area contributed by atoms with Gasteiger partial charge in [-0.05, 0) is 48.2 Å². The first kappa shape index (κ1) is 22.9. The number of alkyl halides is 3. The third kappa shape index (κ3) is 6.33. The van der Waals surface area contributed by atoms with Crippen molar-refractivity contribution < 1.29 is 37.4 Å². The number of carboxylic acid groups (broad SMARTS) is 1. The molecule has 0 heterocycles. The minimum Gasteiger partial charge on any atom is -0.479 e. The monoisotopic (exact) mass is 423 g/mol. The predicted octanol–water partition coefficient (Wildman–Crippen LogP) is 3.91. The van der Waals surface area contributed by atoms with Crippen molar-refractivity contribution in [2.45, 2.75) is 31.5 Å². The number of esters is 1. The number of hydrogen-bond acceptors (Lipinski definition) is 4. The summed E-state index contributed by atoms with van der Waals surface area (Å²) in [6, 6.07) is 10.3. The molecule has 2 rings (SSSR count). The fourth-order valence-electron chi connectivity index (χ4n) is 2.90. The Morgan fingerprint density at radius 2 is 1.73 bits per heavy atom. The average molecular weight is 423 g/mol. The van der Waals surface area contributed by atoms with Crippen LogP contribution >= 0.6 is 0 Å². The number of aryl methyl sites for hydroxylation is 1. The standard InChI is InChI=1S/C21H20F3NO5/c1-30-20(29)15-9-10-16(14(12-15)8-5-11-21(22,23)24)17(19(27)28)25-18(26)13-6-3-2-4-7-13/h2-4,6-7,9-10,12,17H,5,8,11H2,1H3,(H,25,26)(H,27,28). The van der Waals surface area contributed by atoms with Crippen molar-refractivity contribution in [2.75, 3.05) is 7.11 Å². The molecule has 0 aliphatic heterocycles. The van der Waals surface area contributed by atoms with E-state index in [-0.39, 0.29) is 35.1 Å². The lowest BCUT2D eigenvalue weighted by molar-refractivity contribution is -0.139. The molecule has 1 unspecified atom stereocenters. The summed E-state index contributed by atoms with van der Waals surface area (Å²) in [5.41, 5.74) is 0.611. The molecule has 2 aromatic carbocycles. The van der Waals surface area contributed by atoms with Gasteiger partial charge in [0, 0.05) is 12.0 Å². The van der Waals surface area contributed by atoms with E-state index in [2.05, 4.69) is 10.1 Å². The van der Waals surface area contributed by atoms with Crippen LogP contribution in [0.4, 0.5) is 13.2 Å². The molecule has 0 aromatic heterocycles. The molecule has 30 heavy (non-hydrogen) atoms. The van der Waals surface area contributed by atoms with E-state index in [1.165, 1.54) is 30.3 Å². The number of halogens is 3. The molecule has 1 atom stereocenters. The number of ether oxygens (including phenoxy) is 1. The SMILES string of the molecule is COC(=O)c1ccc(C(NC(=O)c2ccccc2)C(=O)O)c(CCCC(F)(F)F)c1. The Labute approximate surface area is 170 Å². The Morgan fingerprint density at radius 3 is 2.30 bits per heavy atom. The van der Waals surface area contributed by atoms with Gasteiger partial charge in [-0.3, -0.25) is 4.79 Å². The topological polar surface area (TPSA) is 92.7 Å². The summed E-state index contributed by atoms with van der Waals surface area (Å²) in [5.74, 6) is -2.75. The van der Waals surface area contributed by atoms with Gasteiger partial charge in [0.1, 0.15) is 0 Å². The van der Waals surface area contributed by atoms with E-state index in [1.54, 1.807) is 18.2 Å². The maximum absolute atomic E-state index is 12.5. The first-order valence-corrected chi connectivity index (χ1v) is 8.99. The zero-order chi connectivity index (χ0) is 22.3. The quantitative estimate of drug-likeness (QED) is 0.628. The number of amides is 1. The van der Waals surface area contributed by atoms with E-state index in [0.29, 0.717) is 0 Å². The third-order valence-electron chi connectivity index (χ3n) is 4.34. The molecule has 0 aliphatic carbocycles. The molecule has 9 heteroatoms. The second kappa shape index (κ2) is 9.91. The second-order valence-corrected chi connectivity index (χ2v) is 6.48. The number of aliphatic carboxylic acids is 1. The summed E-state index contributed by atoms with van der Waals surface area (Å²) in [6.45, 7) is 0. The molecular formula is C21H20F3NO5. The van der Waals surface area contributed by atoms with E-state index < -0.39 is 36.5 Å². The van der Waals surface area contributed by atoms with Crippen LogP contribution in [0.25, 0.3) is 0 Å². The highest BCUT2D eigenvalue weighted by molar-refractivity contribution is 5.97. The van der Waals surface area contributed by atoms with Crippen LogP contribution in [0.1, 0.15) is 50.7 Å². The highest BCUT2D eigenvalue weighted by atomic mass is 19.4. The van der Waals surface area contributed by atoms with Crippen LogP contribution in [-0.4, -0.2) is 36.2 Å². The number of benzene rings is 2. The minimum absolute atomic E-state index is 0.0711. The van der Waals surface area contributed by atoms with E-state index in [4.69, 9.17) is 0 Å². The summed E-state index contributed by atoms with van der Waals surface area (Å²) in [5, 5.41) is 12.0. The van der Waals surface area contributed by atoms with Gasteiger partial charge in [0.05, 0.1) is 12.7 Å². The largest absolute Gasteiger partial charge is 0.479 e. The predicted molar refractivity (Wildman–Crippen MR) is 101 cm³/mol. The second-order valence-electron chi connectivity index (χ2n) is 6.48. The average Bonchev–Trinajstić information content (AvgIpc) is 2.71. The van der Waals surface area contributed by atoms with Gasteiger partial charge in [0.2, 0.25) is 0 Å². The molecule has 6 nitrogen and oxygen atoms in total. The number of nitrogens with one attached hydrogen (secondary N) is 1. The number of carbonyl (C=O) groups excluding carboxylic acids is 2.